The summed E-state index contributed by atoms with van der Waals surface area (Å²) < 4.78 is 10.5. The maximum atomic E-state index is 8.70. The Bertz CT molecular complexity index is 338. The van der Waals surface area contributed by atoms with Crippen molar-refractivity contribution in [2.75, 3.05) is 0 Å². The molecule has 2 aromatic rings. The van der Waals surface area contributed by atoms with E-state index in [9.17, 15) is 0 Å². The lowest BCUT2D eigenvalue weighted by Crippen LogP contribution is -1.65. The van der Waals surface area contributed by atoms with Crippen LogP contribution >= 0.6 is 23.4 Å². The highest BCUT2D eigenvalue weighted by Gasteiger charge is 2.00. The SMILES string of the molecule is OSc1nc2ccccc2s1. The molecule has 0 saturated heterocycles. The van der Waals surface area contributed by atoms with E-state index in [4.69, 9.17) is 4.55 Å². The standard InChI is InChI=1S/C7H5NOS2/c9-11-7-8-5-3-1-2-4-6(5)10-7/h1-4,9H. The van der Waals surface area contributed by atoms with Gasteiger partial charge in [-0.25, -0.2) is 4.98 Å². The van der Waals surface area contributed by atoms with Crippen molar-refractivity contribution >= 4 is 33.6 Å². The van der Waals surface area contributed by atoms with Gasteiger partial charge < -0.3 is 4.55 Å². The van der Waals surface area contributed by atoms with E-state index in [1.165, 1.54) is 11.3 Å². The first-order valence-corrected chi connectivity index (χ1v) is 4.66. The number of aromatic nitrogens is 1. The Morgan fingerprint density at radius 1 is 1.36 bits per heavy atom. The highest BCUT2D eigenvalue weighted by Crippen LogP contribution is 2.26. The van der Waals surface area contributed by atoms with Crippen molar-refractivity contribution in [3.8, 4) is 0 Å². The summed E-state index contributed by atoms with van der Waals surface area (Å²) in [5, 5.41) is 0. The van der Waals surface area contributed by atoms with E-state index in [1.807, 2.05) is 24.3 Å². The first-order chi connectivity index (χ1) is 5.40. The van der Waals surface area contributed by atoms with Gasteiger partial charge in [-0.05, 0) is 12.1 Å². The van der Waals surface area contributed by atoms with E-state index >= 15 is 0 Å². The Kier molecular flexibility index (Phi) is 1.81. The monoisotopic (exact) mass is 183 g/mol. The second-order valence-electron chi connectivity index (χ2n) is 2.04. The first kappa shape index (κ1) is 7.09. The predicted molar refractivity (Wildman–Crippen MR) is 48.1 cm³/mol. The number of thiazole rings is 1. The average molecular weight is 183 g/mol. The summed E-state index contributed by atoms with van der Waals surface area (Å²) in [6, 6.07) is 7.83. The van der Waals surface area contributed by atoms with Gasteiger partial charge in [-0.2, -0.15) is 0 Å². The zero-order valence-electron chi connectivity index (χ0n) is 5.52. The fourth-order valence-electron chi connectivity index (χ4n) is 0.890. The molecule has 0 saturated carbocycles. The molecule has 1 N–H and O–H groups in total. The fourth-order valence-corrected chi connectivity index (χ4v) is 2.14. The van der Waals surface area contributed by atoms with Crippen molar-refractivity contribution in [2.24, 2.45) is 0 Å². The molecule has 0 amide bonds. The van der Waals surface area contributed by atoms with Gasteiger partial charge in [-0.3, -0.25) is 0 Å². The molecular formula is C7H5NOS2. The lowest BCUT2D eigenvalue weighted by atomic mass is 10.3. The molecule has 0 radical (unpaired) electrons. The van der Waals surface area contributed by atoms with Crippen molar-refractivity contribution < 1.29 is 4.55 Å². The largest absolute Gasteiger partial charge is 0.324 e. The number of hydrogen-bond donors (Lipinski definition) is 1. The van der Waals surface area contributed by atoms with Crippen LogP contribution in [0.15, 0.2) is 28.6 Å². The molecule has 1 aromatic carbocycles. The van der Waals surface area contributed by atoms with E-state index in [0.29, 0.717) is 16.4 Å². The maximum Gasteiger partial charge on any atom is 0.178 e. The van der Waals surface area contributed by atoms with Gasteiger partial charge in [0.05, 0.1) is 22.3 Å². The summed E-state index contributed by atoms with van der Waals surface area (Å²) in [7, 11) is 0. The third-order valence-electron chi connectivity index (χ3n) is 1.35. The molecule has 0 bridgehead atoms. The molecule has 0 unspecified atom stereocenters. The molecule has 1 heterocycles. The fraction of sp³-hybridized carbons (Fsp3) is 0. The van der Waals surface area contributed by atoms with E-state index in [0.717, 1.165) is 10.2 Å². The van der Waals surface area contributed by atoms with Gasteiger partial charge in [0.15, 0.2) is 4.34 Å². The minimum absolute atomic E-state index is 0.700. The predicted octanol–water partition coefficient (Wildman–Crippen LogP) is 2.86. The Labute approximate surface area is 72.1 Å². The van der Waals surface area contributed by atoms with Gasteiger partial charge in [0, 0.05) is 0 Å². The van der Waals surface area contributed by atoms with Crippen LogP contribution in [0.5, 0.6) is 0 Å². The number of hydrogen-bond acceptors (Lipinski definition) is 4. The molecule has 1 aromatic heterocycles. The third-order valence-corrected chi connectivity index (χ3v) is 2.90. The lowest BCUT2D eigenvalue weighted by Gasteiger charge is -1.80. The van der Waals surface area contributed by atoms with Gasteiger partial charge in [0.1, 0.15) is 0 Å². The van der Waals surface area contributed by atoms with Crippen LogP contribution in [0.25, 0.3) is 10.2 Å². The molecule has 0 aliphatic rings. The van der Waals surface area contributed by atoms with Gasteiger partial charge >= 0.3 is 0 Å². The van der Waals surface area contributed by atoms with Crippen LogP contribution in [-0.4, -0.2) is 9.54 Å². The zero-order valence-corrected chi connectivity index (χ0v) is 7.15. The number of fused-ring (bicyclic) bond motifs is 1. The molecule has 4 heteroatoms. The summed E-state index contributed by atoms with van der Waals surface area (Å²) >= 11 is 2.20. The second kappa shape index (κ2) is 2.81. The summed E-state index contributed by atoms with van der Waals surface area (Å²) in [6.07, 6.45) is 0. The number of para-hydroxylation sites is 1. The summed E-state index contributed by atoms with van der Waals surface area (Å²) in [5.41, 5.74) is 0.953. The van der Waals surface area contributed by atoms with Crippen LogP contribution < -0.4 is 0 Å². The van der Waals surface area contributed by atoms with Crippen LogP contribution in [0, 0.1) is 0 Å². The summed E-state index contributed by atoms with van der Waals surface area (Å²) in [6.45, 7) is 0. The quantitative estimate of drug-likeness (QED) is 0.690. The molecule has 56 valence electrons. The van der Waals surface area contributed by atoms with E-state index in [2.05, 4.69) is 4.98 Å². The Morgan fingerprint density at radius 3 is 2.91 bits per heavy atom. The van der Waals surface area contributed by atoms with Crippen molar-refractivity contribution in [3.63, 3.8) is 0 Å². The molecule has 0 aliphatic carbocycles. The summed E-state index contributed by atoms with van der Waals surface area (Å²) in [5.74, 6) is 0. The van der Waals surface area contributed by atoms with E-state index in [-0.39, 0.29) is 0 Å². The molecule has 11 heavy (non-hydrogen) atoms. The van der Waals surface area contributed by atoms with Crippen LogP contribution in [0.2, 0.25) is 0 Å². The Morgan fingerprint density at radius 2 is 2.18 bits per heavy atom. The van der Waals surface area contributed by atoms with Crippen molar-refractivity contribution in [1.29, 1.82) is 0 Å². The number of rotatable bonds is 1. The normalized spacial score (nSPS) is 10.6. The highest BCUT2D eigenvalue weighted by atomic mass is 32.2. The molecular weight excluding hydrogens is 178 g/mol. The summed E-state index contributed by atoms with van der Waals surface area (Å²) in [4.78, 5) is 4.16. The van der Waals surface area contributed by atoms with Crippen LogP contribution in [0.3, 0.4) is 0 Å². The number of nitrogens with zero attached hydrogens (tertiary/aromatic N) is 1. The smallest absolute Gasteiger partial charge is 0.178 e. The Hall–Kier alpha value is -0.580. The minimum atomic E-state index is 0.700. The first-order valence-electron chi connectivity index (χ1n) is 3.07. The van der Waals surface area contributed by atoms with Crippen molar-refractivity contribution in [3.05, 3.63) is 24.3 Å². The van der Waals surface area contributed by atoms with Gasteiger partial charge in [-0.1, -0.05) is 12.1 Å². The molecule has 0 aliphatic heterocycles. The lowest BCUT2D eigenvalue weighted by molar-refractivity contribution is 0.663. The van der Waals surface area contributed by atoms with Crippen LogP contribution in [0.4, 0.5) is 0 Å². The van der Waals surface area contributed by atoms with Crippen molar-refractivity contribution in [2.45, 2.75) is 4.34 Å². The van der Waals surface area contributed by atoms with Gasteiger partial charge in [0.25, 0.3) is 0 Å². The Balaban J connectivity index is 2.69. The molecule has 2 rings (SSSR count). The second-order valence-corrected chi connectivity index (χ2v) is 3.90. The van der Waals surface area contributed by atoms with Crippen LogP contribution in [-0.2, 0) is 0 Å². The average Bonchev–Trinajstić information content (AvgIpc) is 2.46. The van der Waals surface area contributed by atoms with Gasteiger partial charge in [0.2, 0.25) is 0 Å². The van der Waals surface area contributed by atoms with Gasteiger partial charge in [-0.15, -0.1) is 11.3 Å². The van der Waals surface area contributed by atoms with E-state index in [1.54, 1.807) is 0 Å². The molecule has 0 spiro atoms. The molecule has 0 fully saturated rings. The highest BCUT2D eigenvalue weighted by molar-refractivity contribution is 7.95. The van der Waals surface area contributed by atoms with E-state index < -0.39 is 0 Å². The maximum absolute atomic E-state index is 8.70. The van der Waals surface area contributed by atoms with Crippen molar-refractivity contribution in [1.82, 2.24) is 4.98 Å². The van der Waals surface area contributed by atoms with Crippen LogP contribution in [0.1, 0.15) is 0 Å². The number of benzene rings is 1. The molecule has 0 atom stereocenters. The zero-order chi connectivity index (χ0) is 7.68. The topological polar surface area (TPSA) is 33.1 Å². The molecule has 2 nitrogen and oxygen atoms in total. The minimum Gasteiger partial charge on any atom is -0.324 e. The third kappa shape index (κ3) is 1.24.